The lowest BCUT2D eigenvalue weighted by molar-refractivity contribution is -0.129. The summed E-state index contributed by atoms with van der Waals surface area (Å²) in [5.74, 6) is 0.573. The number of aromatic nitrogens is 1. The molecule has 0 bridgehead atoms. The summed E-state index contributed by atoms with van der Waals surface area (Å²) in [5.41, 5.74) is 5.17. The van der Waals surface area contributed by atoms with E-state index in [-0.39, 0.29) is 33.5 Å². The van der Waals surface area contributed by atoms with Gasteiger partial charge in [0.05, 0.1) is 17.8 Å². The molecule has 2 atom stereocenters. The van der Waals surface area contributed by atoms with Crippen LogP contribution >= 0.6 is 11.6 Å². The molecule has 0 spiro atoms. The number of nitrogens with one attached hydrogen (secondary N) is 2. The number of ether oxygens (including phenoxy) is 1. The first-order chi connectivity index (χ1) is 29.0. The number of amides is 3. The third-order valence-corrected chi connectivity index (χ3v) is 12.6. The molecule has 2 heterocycles. The second kappa shape index (κ2) is 23.5. The molecule has 2 unspecified atom stereocenters. The molecule has 3 N–H and O–H groups in total. The van der Waals surface area contributed by atoms with E-state index < -0.39 is 17.6 Å². The van der Waals surface area contributed by atoms with E-state index in [2.05, 4.69) is 56.8 Å². The van der Waals surface area contributed by atoms with E-state index in [1.54, 1.807) is 57.3 Å². The molecule has 10 nitrogen and oxygen atoms in total. The van der Waals surface area contributed by atoms with E-state index in [9.17, 15) is 14.4 Å². The number of methoxy groups -OCH3 is 1. The zero-order valence-electron chi connectivity index (χ0n) is 38.4. The first kappa shape index (κ1) is 50.6. The Kier molecular flexibility index (Phi) is 19.5. The smallest absolute Gasteiger partial charge is 0.266 e. The number of aliphatic hydroxyl groups excluding tert-OH is 1. The van der Waals surface area contributed by atoms with Gasteiger partial charge in [-0.15, -0.1) is 0 Å². The minimum Gasteiger partial charge on any atom is -0.481 e. The molecule has 12 heteroatoms. The van der Waals surface area contributed by atoms with Gasteiger partial charge >= 0.3 is 0 Å². The number of aryl methyl sites for hydroxylation is 1. The summed E-state index contributed by atoms with van der Waals surface area (Å²) < 4.78 is 20.9. The van der Waals surface area contributed by atoms with Crippen molar-refractivity contribution >= 4 is 35.0 Å². The molecular weight excluding hydrogens is 793 g/mol. The van der Waals surface area contributed by atoms with Gasteiger partial charge in [-0.05, 0) is 112 Å². The maximum atomic E-state index is 15.3. The molecule has 3 aromatic rings. The lowest BCUT2D eigenvalue weighted by atomic mass is 9.84. The van der Waals surface area contributed by atoms with Gasteiger partial charge in [0.1, 0.15) is 17.2 Å². The number of fused-ring (bicyclic) bond motifs is 1. The van der Waals surface area contributed by atoms with Gasteiger partial charge in [0.25, 0.3) is 11.8 Å². The first-order valence-corrected chi connectivity index (χ1v) is 22.2. The lowest BCUT2D eigenvalue weighted by Gasteiger charge is -2.35. The Bertz CT molecular complexity index is 2050. The fraction of sp³-hybridized carbons (Fsp3) is 0.510. The number of anilines is 1. The fourth-order valence-corrected chi connectivity index (χ4v) is 7.59. The topological polar surface area (TPSA) is 124 Å². The van der Waals surface area contributed by atoms with Crippen LogP contribution in [0.1, 0.15) is 117 Å². The third-order valence-electron chi connectivity index (χ3n) is 12.2. The van der Waals surface area contributed by atoms with E-state index in [4.69, 9.17) is 21.4 Å². The van der Waals surface area contributed by atoms with Gasteiger partial charge in [-0.25, -0.2) is 9.37 Å². The van der Waals surface area contributed by atoms with Crippen molar-refractivity contribution in [2.45, 2.75) is 125 Å². The van der Waals surface area contributed by atoms with Crippen molar-refractivity contribution in [2.24, 2.45) is 11.8 Å². The van der Waals surface area contributed by atoms with E-state index in [0.717, 1.165) is 68.4 Å². The molecule has 3 amide bonds. The zero-order valence-corrected chi connectivity index (χ0v) is 39.1. The molecule has 334 valence electrons. The van der Waals surface area contributed by atoms with Crippen molar-refractivity contribution in [2.75, 3.05) is 33.1 Å². The Morgan fingerprint density at radius 3 is 2.31 bits per heavy atom. The number of aliphatic hydroxyl groups is 1. The number of halogens is 2. The molecule has 0 saturated heterocycles. The van der Waals surface area contributed by atoms with Gasteiger partial charge in [0.15, 0.2) is 0 Å². The number of hydrogen-bond donors (Lipinski definition) is 3. The van der Waals surface area contributed by atoms with Crippen LogP contribution < -0.4 is 15.4 Å². The van der Waals surface area contributed by atoms with Crippen LogP contribution in [0.25, 0.3) is 22.4 Å². The van der Waals surface area contributed by atoms with Crippen molar-refractivity contribution in [1.82, 2.24) is 20.1 Å². The number of likely N-dealkylation sites (N-methyl/N-ethyl adjacent to an activating group) is 1. The quantitative estimate of drug-likeness (QED) is 0.130. The van der Waals surface area contributed by atoms with Gasteiger partial charge < -0.3 is 25.4 Å². The number of benzene rings is 2. The van der Waals surface area contributed by atoms with E-state index in [1.165, 1.54) is 30.0 Å². The summed E-state index contributed by atoms with van der Waals surface area (Å²) in [5, 5.41) is 14.2. The highest BCUT2D eigenvalue weighted by atomic mass is 35.5. The predicted molar refractivity (Wildman–Crippen MR) is 247 cm³/mol. The van der Waals surface area contributed by atoms with Gasteiger partial charge in [-0.3, -0.25) is 19.3 Å². The maximum absolute atomic E-state index is 15.3. The molecule has 0 saturated carbocycles. The van der Waals surface area contributed by atoms with E-state index in [1.807, 2.05) is 19.9 Å². The van der Waals surface area contributed by atoms with Gasteiger partial charge in [0.2, 0.25) is 11.8 Å². The molecule has 0 radical (unpaired) electrons. The van der Waals surface area contributed by atoms with Gasteiger partial charge in [-0.1, -0.05) is 85.2 Å². The van der Waals surface area contributed by atoms with Crippen LogP contribution in [0.5, 0.6) is 5.88 Å². The summed E-state index contributed by atoms with van der Waals surface area (Å²) in [6.07, 6.45) is 11.7. The first-order valence-electron chi connectivity index (χ1n) is 21.8. The van der Waals surface area contributed by atoms with Crippen LogP contribution in [0.4, 0.5) is 10.1 Å². The Morgan fingerprint density at radius 1 is 1.05 bits per heavy atom. The molecule has 2 aromatic carbocycles. The summed E-state index contributed by atoms with van der Waals surface area (Å²) in [4.78, 5) is 45.5. The molecule has 61 heavy (non-hydrogen) atoms. The lowest BCUT2D eigenvalue weighted by Crippen LogP contribution is -2.49. The Hall–Kier alpha value is -4.74. The van der Waals surface area contributed by atoms with Crippen molar-refractivity contribution < 1.29 is 28.6 Å². The maximum Gasteiger partial charge on any atom is 0.266 e. The zero-order chi connectivity index (χ0) is 45.6. The van der Waals surface area contributed by atoms with Crippen molar-refractivity contribution in [3.63, 3.8) is 0 Å². The number of carbonyl (C=O) groups excluding carboxylic acids is 3. The monoisotopic (exact) mass is 861 g/mol. The van der Waals surface area contributed by atoms with Crippen LogP contribution in [0.2, 0.25) is 5.02 Å². The number of hydrogen-bond acceptors (Lipinski definition) is 7. The SMILES string of the molecule is C=C1N(C)C=C(C(=O)Nc2cccc(-c3c(F)ccc(-c4cc5c(c(OC)n4)CCC5)c3Cl)c2C)C(=O)N1C.CCC(C)CCC(CC)(CC)NC(=O)C(C)CC.CCCO. The molecular formula is C49H69ClFN5O5. The van der Waals surface area contributed by atoms with E-state index in [0.29, 0.717) is 46.4 Å². The highest BCUT2D eigenvalue weighted by Crippen LogP contribution is 2.42. The number of pyridine rings is 1. The highest BCUT2D eigenvalue weighted by molar-refractivity contribution is 6.36. The van der Waals surface area contributed by atoms with Crippen LogP contribution in [0, 0.1) is 24.6 Å². The summed E-state index contributed by atoms with van der Waals surface area (Å²) in [7, 11) is 4.85. The van der Waals surface area contributed by atoms with Gasteiger partial charge in [0, 0.05) is 60.7 Å². The van der Waals surface area contributed by atoms with E-state index >= 15 is 4.39 Å². The van der Waals surface area contributed by atoms with Crippen molar-refractivity contribution in [1.29, 1.82) is 0 Å². The molecule has 1 aromatic heterocycles. The van der Waals surface area contributed by atoms with Crippen LogP contribution in [-0.4, -0.2) is 71.0 Å². The van der Waals surface area contributed by atoms with Crippen LogP contribution in [0.15, 0.2) is 60.6 Å². The Labute approximate surface area is 369 Å². The normalized spacial score (nSPS) is 14.5. The molecule has 1 aliphatic heterocycles. The summed E-state index contributed by atoms with van der Waals surface area (Å²) >= 11 is 6.87. The average Bonchev–Trinajstić information content (AvgIpc) is 3.75. The highest BCUT2D eigenvalue weighted by Gasteiger charge is 2.31. The average molecular weight is 863 g/mol. The molecule has 0 fully saturated rings. The second-order valence-electron chi connectivity index (χ2n) is 16.2. The standard InChI is InChI=1S/C30H28ClFN4O3.C16H33NO.C3H8O/c1-16-19(9-7-11-24(16)33-28(37)22-15-35(3)17(2)36(4)30(22)38)26-23(32)13-12-21(27(26)31)25-14-18-8-6-10-20(18)29(34-25)39-5;1-7-13(5)11-12-16(9-3,10-4)17-15(18)14(6)8-2;1-2-3-4/h7,9,11-15H,2,6,8,10H2,1,3-5H3,(H,33,37);13-14H,7-12H2,1-6H3,(H,17,18);4H,2-3H2,1H3. The van der Waals surface area contributed by atoms with Gasteiger partial charge in [-0.2, -0.15) is 0 Å². The molecule has 2 aliphatic rings. The largest absolute Gasteiger partial charge is 0.481 e. The Morgan fingerprint density at radius 2 is 1.72 bits per heavy atom. The molecule has 1 aliphatic carbocycles. The van der Waals surface area contributed by atoms with Crippen molar-refractivity contribution in [3.8, 4) is 28.3 Å². The minimum atomic E-state index is -0.582. The van der Waals surface area contributed by atoms with Crippen LogP contribution in [0.3, 0.4) is 0 Å². The second-order valence-corrected chi connectivity index (χ2v) is 16.6. The minimum absolute atomic E-state index is 0.0178. The summed E-state index contributed by atoms with van der Waals surface area (Å²) in [6, 6.07) is 10.1. The fourth-order valence-electron chi connectivity index (χ4n) is 7.23. The molecule has 5 rings (SSSR count). The third kappa shape index (κ3) is 12.4. The number of nitrogens with zero attached hydrogens (tertiary/aromatic N) is 3. The predicted octanol–water partition coefficient (Wildman–Crippen LogP) is 10.6. The van der Waals surface area contributed by atoms with Crippen molar-refractivity contribution in [3.05, 3.63) is 88.1 Å². The summed E-state index contributed by atoms with van der Waals surface area (Å²) in [6.45, 7) is 20.9. The van der Waals surface area contributed by atoms with Crippen LogP contribution in [-0.2, 0) is 27.2 Å². The number of carbonyl (C=O) groups is 3. The Balaban J connectivity index is 0.000000378. The number of rotatable bonds is 15.